The topological polar surface area (TPSA) is 87.8 Å². The number of rotatable bonds is 8. The Balaban J connectivity index is 0.00000320. The van der Waals surface area contributed by atoms with Gasteiger partial charge in [0.1, 0.15) is 0 Å². The van der Waals surface area contributed by atoms with E-state index in [1.165, 1.54) is 0 Å². The molecular formula is C20H30ClIN6O2. The first-order chi connectivity index (χ1) is 14.2. The first-order valence-corrected chi connectivity index (χ1v) is 10.3. The van der Waals surface area contributed by atoms with Crippen molar-refractivity contribution < 1.29 is 9.26 Å². The van der Waals surface area contributed by atoms with E-state index in [0.717, 1.165) is 57.0 Å². The number of piperidine rings is 1. The molecule has 0 aliphatic carbocycles. The fourth-order valence-electron chi connectivity index (χ4n) is 3.35. The number of benzene rings is 1. The Morgan fingerprint density at radius 3 is 2.87 bits per heavy atom. The normalized spacial score (nSPS) is 15.6. The Labute approximate surface area is 199 Å². The molecule has 166 valence electrons. The minimum absolute atomic E-state index is 0. The standard InChI is InChI=1S/C20H29ClN6O2.HI/c1-22-20(24-17-7-10-27(11-8-17)9-4-12-28-2)23-14-18-25-19(26-29-18)15-5-3-6-16(21)13-15;/h3,5-6,13,17H,4,7-12,14H2,1-2H3,(H2,22,23,24);1H. The van der Waals surface area contributed by atoms with E-state index >= 15 is 0 Å². The van der Waals surface area contributed by atoms with Gasteiger partial charge in [0, 0.05) is 57.0 Å². The molecule has 0 amide bonds. The molecule has 0 saturated carbocycles. The Morgan fingerprint density at radius 2 is 2.17 bits per heavy atom. The van der Waals surface area contributed by atoms with Gasteiger partial charge in [-0.15, -0.1) is 24.0 Å². The maximum Gasteiger partial charge on any atom is 0.246 e. The third-order valence-corrected chi connectivity index (χ3v) is 5.17. The molecule has 1 aliphatic rings. The van der Waals surface area contributed by atoms with Gasteiger partial charge in [-0.3, -0.25) is 4.99 Å². The van der Waals surface area contributed by atoms with Crippen LogP contribution in [0.4, 0.5) is 0 Å². The molecule has 3 rings (SSSR count). The highest BCUT2D eigenvalue weighted by atomic mass is 127. The van der Waals surface area contributed by atoms with E-state index in [0.29, 0.717) is 29.3 Å². The summed E-state index contributed by atoms with van der Waals surface area (Å²) in [7, 11) is 3.52. The zero-order valence-electron chi connectivity index (χ0n) is 17.4. The van der Waals surface area contributed by atoms with Gasteiger partial charge in [-0.1, -0.05) is 28.9 Å². The van der Waals surface area contributed by atoms with Crippen LogP contribution >= 0.6 is 35.6 Å². The van der Waals surface area contributed by atoms with Crippen molar-refractivity contribution in [3.05, 3.63) is 35.2 Å². The first-order valence-electron chi connectivity index (χ1n) is 9.95. The van der Waals surface area contributed by atoms with E-state index in [4.69, 9.17) is 20.9 Å². The second kappa shape index (κ2) is 13.1. The Kier molecular flexibility index (Phi) is 10.8. The SMILES string of the molecule is CN=C(NCc1nc(-c2cccc(Cl)c2)no1)NC1CCN(CCCOC)CC1.I. The van der Waals surface area contributed by atoms with Crippen molar-refractivity contribution in [2.45, 2.75) is 31.8 Å². The molecule has 1 aromatic carbocycles. The van der Waals surface area contributed by atoms with Crippen LogP contribution in [0.15, 0.2) is 33.8 Å². The molecule has 2 heterocycles. The van der Waals surface area contributed by atoms with Crippen molar-refractivity contribution in [3.8, 4) is 11.4 Å². The van der Waals surface area contributed by atoms with E-state index < -0.39 is 0 Å². The minimum atomic E-state index is 0. The second-order valence-corrected chi connectivity index (χ2v) is 7.49. The van der Waals surface area contributed by atoms with Gasteiger partial charge in [0.2, 0.25) is 11.7 Å². The van der Waals surface area contributed by atoms with E-state index in [2.05, 4.69) is 30.7 Å². The van der Waals surface area contributed by atoms with Crippen LogP contribution in [0, 0.1) is 0 Å². The van der Waals surface area contributed by atoms with E-state index in [-0.39, 0.29) is 24.0 Å². The van der Waals surface area contributed by atoms with Crippen molar-refractivity contribution >= 4 is 41.5 Å². The lowest BCUT2D eigenvalue weighted by Crippen LogP contribution is -2.48. The molecule has 0 radical (unpaired) electrons. The van der Waals surface area contributed by atoms with Gasteiger partial charge in [-0.2, -0.15) is 4.98 Å². The van der Waals surface area contributed by atoms with Crippen LogP contribution in [0.2, 0.25) is 5.02 Å². The summed E-state index contributed by atoms with van der Waals surface area (Å²) in [5.41, 5.74) is 0.826. The number of guanidine groups is 1. The molecule has 0 atom stereocenters. The predicted octanol–water partition coefficient (Wildman–Crippen LogP) is 3.17. The van der Waals surface area contributed by atoms with Crippen molar-refractivity contribution in [1.29, 1.82) is 0 Å². The lowest BCUT2D eigenvalue weighted by atomic mass is 10.1. The fourth-order valence-corrected chi connectivity index (χ4v) is 3.54. The molecule has 0 bridgehead atoms. The molecule has 1 saturated heterocycles. The highest BCUT2D eigenvalue weighted by Crippen LogP contribution is 2.19. The molecule has 2 N–H and O–H groups in total. The van der Waals surface area contributed by atoms with Crippen LogP contribution in [-0.2, 0) is 11.3 Å². The van der Waals surface area contributed by atoms with Crippen LogP contribution in [-0.4, -0.2) is 67.4 Å². The molecule has 2 aromatic rings. The van der Waals surface area contributed by atoms with Gasteiger partial charge in [0.15, 0.2) is 5.96 Å². The largest absolute Gasteiger partial charge is 0.385 e. The Morgan fingerprint density at radius 1 is 1.37 bits per heavy atom. The van der Waals surface area contributed by atoms with Crippen molar-refractivity contribution in [2.75, 3.05) is 40.4 Å². The molecule has 0 unspecified atom stereocenters. The number of ether oxygens (including phenoxy) is 1. The van der Waals surface area contributed by atoms with Gasteiger partial charge >= 0.3 is 0 Å². The molecular weight excluding hydrogens is 519 g/mol. The van der Waals surface area contributed by atoms with E-state index in [1.54, 1.807) is 14.2 Å². The van der Waals surface area contributed by atoms with Crippen molar-refractivity contribution in [2.24, 2.45) is 4.99 Å². The zero-order valence-corrected chi connectivity index (χ0v) is 20.5. The minimum Gasteiger partial charge on any atom is -0.385 e. The van der Waals surface area contributed by atoms with Gasteiger partial charge in [-0.25, -0.2) is 0 Å². The number of nitrogens with one attached hydrogen (secondary N) is 2. The van der Waals surface area contributed by atoms with Gasteiger partial charge in [0.25, 0.3) is 0 Å². The number of aliphatic imine (C=N–C) groups is 1. The average molecular weight is 549 g/mol. The number of nitrogens with zero attached hydrogens (tertiary/aromatic N) is 4. The molecule has 8 nitrogen and oxygen atoms in total. The predicted molar refractivity (Wildman–Crippen MR) is 129 cm³/mol. The maximum absolute atomic E-state index is 6.03. The van der Waals surface area contributed by atoms with Crippen molar-refractivity contribution in [1.82, 2.24) is 25.7 Å². The smallest absolute Gasteiger partial charge is 0.246 e. The van der Waals surface area contributed by atoms with Gasteiger partial charge < -0.3 is 24.8 Å². The quantitative estimate of drug-likeness (QED) is 0.227. The molecule has 0 spiro atoms. The lowest BCUT2D eigenvalue weighted by molar-refractivity contribution is 0.155. The number of methoxy groups -OCH3 is 1. The average Bonchev–Trinajstić information content (AvgIpc) is 3.21. The summed E-state index contributed by atoms with van der Waals surface area (Å²) in [5.74, 6) is 1.76. The van der Waals surface area contributed by atoms with Crippen LogP contribution in [0.3, 0.4) is 0 Å². The summed E-state index contributed by atoms with van der Waals surface area (Å²) in [6.45, 7) is 4.50. The number of hydrogen-bond acceptors (Lipinski definition) is 6. The summed E-state index contributed by atoms with van der Waals surface area (Å²) in [6.07, 6.45) is 3.26. The van der Waals surface area contributed by atoms with Crippen LogP contribution in [0.1, 0.15) is 25.2 Å². The van der Waals surface area contributed by atoms with Crippen LogP contribution in [0.25, 0.3) is 11.4 Å². The summed E-state index contributed by atoms with van der Waals surface area (Å²) in [6, 6.07) is 7.79. The molecule has 30 heavy (non-hydrogen) atoms. The monoisotopic (exact) mass is 548 g/mol. The van der Waals surface area contributed by atoms with Gasteiger partial charge in [-0.05, 0) is 31.4 Å². The summed E-state index contributed by atoms with van der Waals surface area (Å²) in [5, 5.41) is 11.4. The summed E-state index contributed by atoms with van der Waals surface area (Å²) in [4.78, 5) is 11.2. The van der Waals surface area contributed by atoms with Crippen LogP contribution < -0.4 is 10.6 Å². The molecule has 10 heteroatoms. The van der Waals surface area contributed by atoms with Gasteiger partial charge in [0.05, 0.1) is 6.54 Å². The van der Waals surface area contributed by atoms with Crippen molar-refractivity contribution in [3.63, 3.8) is 0 Å². The summed E-state index contributed by atoms with van der Waals surface area (Å²) >= 11 is 6.03. The Bertz CT molecular complexity index is 795. The third-order valence-electron chi connectivity index (χ3n) is 4.93. The third kappa shape index (κ3) is 7.68. The molecule has 1 fully saturated rings. The van der Waals surface area contributed by atoms with Crippen LogP contribution in [0.5, 0.6) is 0 Å². The maximum atomic E-state index is 6.03. The summed E-state index contributed by atoms with van der Waals surface area (Å²) < 4.78 is 10.5. The number of aromatic nitrogens is 2. The highest BCUT2D eigenvalue weighted by molar-refractivity contribution is 14.0. The Hall–Kier alpha value is -1.43. The number of hydrogen-bond donors (Lipinski definition) is 2. The highest BCUT2D eigenvalue weighted by Gasteiger charge is 2.20. The lowest BCUT2D eigenvalue weighted by Gasteiger charge is -2.33. The zero-order chi connectivity index (χ0) is 20.5. The number of halogens is 2. The van der Waals surface area contributed by atoms with E-state index in [9.17, 15) is 0 Å². The molecule has 1 aliphatic heterocycles. The fraction of sp³-hybridized carbons (Fsp3) is 0.550. The van der Waals surface area contributed by atoms with E-state index in [1.807, 2.05) is 24.3 Å². The number of likely N-dealkylation sites (tertiary alicyclic amines) is 1. The molecule has 1 aromatic heterocycles. The second-order valence-electron chi connectivity index (χ2n) is 7.05. The first kappa shape index (κ1) is 24.8.